The molecule has 32 heteroatoms. The Kier molecular flexibility index (Phi) is 16.2. The number of phosphoric acid groups is 2. The average Bonchev–Trinajstić information content (AvgIpc) is 3.98. The molecule has 2 fully saturated rings. The van der Waals surface area contributed by atoms with Crippen LogP contribution in [-0.4, -0.2) is 151 Å². The van der Waals surface area contributed by atoms with Gasteiger partial charge in [-0.05, 0) is 41.5 Å². The zero-order chi connectivity index (χ0) is 51.4. The van der Waals surface area contributed by atoms with Crippen molar-refractivity contribution in [2.45, 2.75) is 68.1 Å². The highest BCUT2D eigenvalue weighted by molar-refractivity contribution is 7.47. The third-order valence-corrected chi connectivity index (χ3v) is 12.3. The summed E-state index contributed by atoms with van der Waals surface area (Å²) in [5.41, 5.74) is 11.9. The van der Waals surface area contributed by atoms with Crippen LogP contribution in [0.15, 0.2) is 78.2 Å². The van der Waals surface area contributed by atoms with Crippen molar-refractivity contribution in [3.63, 3.8) is 0 Å². The summed E-state index contributed by atoms with van der Waals surface area (Å²) < 4.78 is 77.6. The molecule has 1 unspecified atom stereocenters. The number of rotatable bonds is 19. The van der Waals surface area contributed by atoms with Crippen LogP contribution in [-0.2, 0) is 64.3 Å². The quantitative estimate of drug-likeness (QED) is 0.0362. The van der Waals surface area contributed by atoms with Gasteiger partial charge >= 0.3 is 33.4 Å². The molecule has 2 aliphatic rings. The third kappa shape index (κ3) is 12.8. The van der Waals surface area contributed by atoms with Crippen molar-refractivity contribution in [2.24, 2.45) is 0 Å². The maximum absolute atomic E-state index is 13.8. The molecule has 10 atom stereocenters. The molecule has 2 saturated heterocycles. The molecule has 0 spiro atoms. The van der Waals surface area contributed by atoms with Gasteiger partial charge in [0.25, 0.3) is 0 Å². The number of nitrogens with zero attached hydrogens (tertiary/aromatic N) is 7. The first-order chi connectivity index (χ1) is 33.6. The highest BCUT2D eigenvalue weighted by Gasteiger charge is 2.52. The molecular weight excluding hydrogens is 993 g/mol. The molecule has 382 valence electrons. The predicted octanol–water partition coefficient (Wildman–Crippen LogP) is -0.763. The highest BCUT2D eigenvalue weighted by Crippen LogP contribution is 2.50. The lowest BCUT2D eigenvalue weighted by atomic mass is 10.1. The summed E-state index contributed by atoms with van der Waals surface area (Å²) in [6.07, 6.45) is -12.4. The lowest BCUT2D eigenvalue weighted by molar-refractivity contribution is -0.163. The lowest BCUT2D eigenvalue weighted by Crippen LogP contribution is -2.49. The number of benzene rings is 2. The van der Waals surface area contributed by atoms with Crippen molar-refractivity contribution in [2.75, 3.05) is 43.7 Å². The van der Waals surface area contributed by atoms with Gasteiger partial charge in [0.05, 0.1) is 32.6 Å². The summed E-state index contributed by atoms with van der Waals surface area (Å²) in [7, 11) is -9.61. The van der Waals surface area contributed by atoms with E-state index in [2.05, 4.69) is 29.8 Å². The van der Waals surface area contributed by atoms with E-state index in [1.165, 1.54) is 41.0 Å². The summed E-state index contributed by atoms with van der Waals surface area (Å²) in [5, 5.41) is 35.8. The van der Waals surface area contributed by atoms with Crippen molar-refractivity contribution < 1.29 is 90.4 Å². The number of hydrogen-bond donors (Lipinski definition) is 9. The lowest BCUT2D eigenvalue weighted by Gasteiger charge is -2.28. The molecule has 71 heavy (non-hydrogen) atoms. The fourth-order valence-electron chi connectivity index (χ4n) is 7.26. The van der Waals surface area contributed by atoms with E-state index in [0.717, 1.165) is 32.0 Å². The van der Waals surface area contributed by atoms with E-state index in [1.807, 2.05) is 0 Å². The number of anilines is 3. The number of carbonyl (C=O) groups is 3. The van der Waals surface area contributed by atoms with Crippen LogP contribution in [0, 0.1) is 5.82 Å². The van der Waals surface area contributed by atoms with Crippen LogP contribution >= 0.6 is 15.6 Å². The number of carbonyl (C=O) groups excluding carboxylic acids is 3. The van der Waals surface area contributed by atoms with Gasteiger partial charge in [0.2, 0.25) is 5.91 Å². The molecule has 5 heterocycles. The van der Waals surface area contributed by atoms with E-state index in [4.69, 9.17) is 39.5 Å². The summed E-state index contributed by atoms with van der Waals surface area (Å²) >= 11 is 0. The fraction of sp³-hybridized carbons (Fsp3) is 0.385. The molecule has 3 aromatic heterocycles. The van der Waals surface area contributed by atoms with Crippen LogP contribution < -0.4 is 22.5 Å². The maximum Gasteiger partial charge on any atom is 0.472 e. The van der Waals surface area contributed by atoms with Crippen LogP contribution in [0.5, 0.6) is 0 Å². The molecule has 5 aromatic rings. The Bertz CT molecular complexity index is 2880. The van der Waals surface area contributed by atoms with Crippen LogP contribution in [0.1, 0.15) is 23.6 Å². The summed E-state index contributed by atoms with van der Waals surface area (Å²) in [4.78, 5) is 97.9. The third-order valence-electron chi connectivity index (χ3n) is 10.8. The SMILES string of the molecule is CN(C(=O)OCc1ccc(NC(=O)Cc2ccc(F)cc2)cc1)[C@H](CO)C(=O)O[C@H]1[C@@H](O)[C@H](n2cnc3c(N)ncnc32)O[C@@H]1COP(=O)(O)O[C@H]1[C@@H](O)[C@H](n2ccc(N)nc2=O)O[C@@H]1COP(=O)(O)O. The number of likely N-dealkylation sites (N-methyl/N-ethyl adjacent to an activating group) is 1. The van der Waals surface area contributed by atoms with E-state index < -0.39 is 114 Å². The van der Waals surface area contributed by atoms with E-state index in [1.54, 1.807) is 12.1 Å². The fourth-order valence-corrected chi connectivity index (χ4v) is 8.57. The highest BCUT2D eigenvalue weighted by atomic mass is 31.2. The van der Waals surface area contributed by atoms with Crippen LogP contribution in [0.4, 0.5) is 26.5 Å². The van der Waals surface area contributed by atoms with Crippen LogP contribution in [0.2, 0.25) is 0 Å². The number of aliphatic hydroxyl groups is 3. The Hall–Kier alpha value is -6.37. The zero-order valence-electron chi connectivity index (χ0n) is 36.7. The maximum atomic E-state index is 13.8. The number of halogens is 1. The van der Waals surface area contributed by atoms with E-state index in [-0.39, 0.29) is 41.7 Å². The Morgan fingerprint density at radius 2 is 1.52 bits per heavy atom. The number of phosphoric ester groups is 2. The van der Waals surface area contributed by atoms with Crippen molar-refractivity contribution in [3.8, 4) is 0 Å². The number of ether oxygens (including phenoxy) is 4. The number of hydrogen-bond acceptors (Lipinski definition) is 22. The number of nitrogen functional groups attached to an aromatic ring is 2. The second-order valence-corrected chi connectivity index (χ2v) is 18.3. The number of amides is 2. The van der Waals surface area contributed by atoms with E-state index >= 15 is 0 Å². The standard InChI is InChI=1S/C39H45FN10O19P2/c1-48(39(57)63-14-20-4-8-22(9-5-20)46-27(52)12-19-2-6-21(40)7-3-19)23(13-51)37(55)68-31-24(66-36(29(31)53)50-18-45-28-33(42)43-17-44-34(28)50)16-65-71(61,62)69-32-25(15-64-70(58,59)60)67-35(30(32)54)49-11-10-26(41)47-38(49)56/h2-11,17-18,23-25,29-32,35-36,51,53-54H,12-16H2,1H3,(H,46,52)(H,61,62)(H2,41,47,56)(H2,42,43,44)(H2,58,59,60)/t23-,24-,25-,29-,30-,31-,32-,35-,36-/m1/s1. The molecule has 29 nitrogen and oxygen atoms in total. The number of aliphatic hydroxyl groups excluding tert-OH is 3. The second-order valence-electron chi connectivity index (χ2n) is 15.7. The first-order valence-corrected chi connectivity index (χ1v) is 23.8. The van der Waals surface area contributed by atoms with Gasteiger partial charge in [-0.25, -0.2) is 42.9 Å². The van der Waals surface area contributed by atoms with Gasteiger partial charge in [-0.3, -0.25) is 32.4 Å². The molecule has 2 aliphatic heterocycles. The smallest absolute Gasteiger partial charge is 0.455 e. The molecule has 2 amide bonds. The first kappa shape index (κ1) is 52.5. The number of fused-ring (bicyclic) bond motifs is 1. The Morgan fingerprint density at radius 1 is 0.887 bits per heavy atom. The number of imidazole rings is 1. The van der Waals surface area contributed by atoms with Gasteiger partial charge in [0.15, 0.2) is 36.1 Å². The van der Waals surface area contributed by atoms with Gasteiger partial charge in [-0.2, -0.15) is 4.98 Å². The van der Waals surface area contributed by atoms with Gasteiger partial charge in [-0.1, -0.05) is 24.3 Å². The number of nitrogens with one attached hydrogen (secondary N) is 1. The summed E-state index contributed by atoms with van der Waals surface area (Å²) in [5.74, 6) is -2.43. The Balaban J connectivity index is 1.03. The Morgan fingerprint density at radius 3 is 2.18 bits per heavy atom. The normalized spacial score (nSPS) is 23.5. The molecule has 2 aromatic carbocycles. The first-order valence-electron chi connectivity index (χ1n) is 20.8. The second kappa shape index (κ2) is 22.0. The largest absolute Gasteiger partial charge is 0.472 e. The Labute approximate surface area is 398 Å². The number of aromatic nitrogens is 6. The summed E-state index contributed by atoms with van der Waals surface area (Å²) in [6, 6.07) is 10.9. The van der Waals surface area contributed by atoms with E-state index in [0.29, 0.717) is 26.3 Å². The minimum absolute atomic E-state index is 0.0148. The molecule has 7 rings (SSSR count). The van der Waals surface area contributed by atoms with Crippen LogP contribution in [0.25, 0.3) is 11.2 Å². The van der Waals surface area contributed by atoms with Crippen molar-refractivity contribution in [1.82, 2.24) is 34.0 Å². The molecule has 0 aliphatic carbocycles. The topological polar surface area (TPSA) is 417 Å². The van der Waals surface area contributed by atoms with Gasteiger partial charge in [-0.15, -0.1) is 0 Å². The minimum atomic E-state index is -5.50. The predicted molar refractivity (Wildman–Crippen MR) is 235 cm³/mol. The molecular formula is C39H45FN10O19P2. The zero-order valence-corrected chi connectivity index (χ0v) is 38.5. The number of esters is 1. The average molecular weight is 1040 g/mol. The van der Waals surface area contributed by atoms with E-state index in [9.17, 15) is 62.7 Å². The van der Waals surface area contributed by atoms with Gasteiger partial charge < -0.3 is 65.7 Å². The molecule has 0 saturated carbocycles. The van der Waals surface area contributed by atoms with Gasteiger partial charge in [0.1, 0.15) is 60.6 Å². The number of nitrogens with two attached hydrogens (primary N) is 2. The van der Waals surface area contributed by atoms with Crippen molar-refractivity contribution in [3.05, 3.63) is 101 Å². The molecule has 0 radical (unpaired) electrons. The van der Waals surface area contributed by atoms with Crippen LogP contribution in [0.3, 0.4) is 0 Å². The molecule has 11 N–H and O–H groups in total. The van der Waals surface area contributed by atoms with Gasteiger partial charge in [0, 0.05) is 18.9 Å². The van der Waals surface area contributed by atoms with Crippen molar-refractivity contribution in [1.29, 1.82) is 0 Å². The molecule has 0 bridgehead atoms. The summed E-state index contributed by atoms with van der Waals surface area (Å²) in [6.45, 7) is -3.52. The minimum Gasteiger partial charge on any atom is -0.455 e. The monoisotopic (exact) mass is 1040 g/mol. The van der Waals surface area contributed by atoms with Crippen molar-refractivity contribution >= 4 is 62.1 Å².